The van der Waals surface area contributed by atoms with Gasteiger partial charge in [-0.25, -0.2) is 13.2 Å². The lowest BCUT2D eigenvalue weighted by molar-refractivity contribution is 0.343. The summed E-state index contributed by atoms with van der Waals surface area (Å²) >= 11 is 0. The van der Waals surface area contributed by atoms with Gasteiger partial charge < -0.3 is 9.80 Å². The predicted molar refractivity (Wildman–Crippen MR) is 76.1 cm³/mol. The van der Waals surface area contributed by atoms with Crippen molar-refractivity contribution in [1.29, 1.82) is 0 Å². The van der Waals surface area contributed by atoms with Crippen LogP contribution >= 0.6 is 0 Å². The molecule has 2 aromatic carbocycles. The largest absolute Gasteiger partial charge is 0.340 e. The molecule has 0 unspecified atom stereocenters. The summed E-state index contributed by atoms with van der Waals surface area (Å²) in [6, 6.07) is 8.39. The van der Waals surface area contributed by atoms with Gasteiger partial charge in [0, 0.05) is 37.1 Å². The zero-order chi connectivity index (χ0) is 15.0. The zero-order valence-corrected chi connectivity index (χ0v) is 11.6. The lowest BCUT2D eigenvalue weighted by Crippen LogP contribution is -2.26. The average Bonchev–Trinajstić information content (AvgIpc) is 2.60. The lowest BCUT2D eigenvalue weighted by atomic mass is 10.1. The molecule has 2 nitrogen and oxygen atoms in total. The van der Waals surface area contributed by atoms with Crippen molar-refractivity contribution >= 4 is 11.4 Å². The molecule has 0 radical (unpaired) electrons. The van der Waals surface area contributed by atoms with E-state index in [-0.39, 0.29) is 5.82 Å². The fourth-order valence-electron chi connectivity index (χ4n) is 2.63. The van der Waals surface area contributed by atoms with Crippen LogP contribution in [0.1, 0.15) is 5.56 Å². The third-order valence-corrected chi connectivity index (χ3v) is 3.69. The molecule has 5 heteroatoms. The van der Waals surface area contributed by atoms with E-state index < -0.39 is 11.6 Å². The standard InChI is InChI=1S/C16H15F3N2/c1-20-6-7-21(13-3-4-14(18)15(19)9-13)16-5-2-12(17)8-11(16)10-20/h2-5,8-9H,6-7,10H2,1H3. The van der Waals surface area contributed by atoms with E-state index in [1.54, 1.807) is 6.07 Å². The first-order valence-corrected chi connectivity index (χ1v) is 6.74. The van der Waals surface area contributed by atoms with Gasteiger partial charge in [-0.05, 0) is 42.9 Å². The van der Waals surface area contributed by atoms with Gasteiger partial charge in [-0.3, -0.25) is 0 Å². The molecule has 0 N–H and O–H groups in total. The Morgan fingerprint density at radius 1 is 0.905 bits per heavy atom. The number of rotatable bonds is 1. The third kappa shape index (κ3) is 2.74. The van der Waals surface area contributed by atoms with Crippen LogP contribution in [0.4, 0.5) is 24.5 Å². The summed E-state index contributed by atoms with van der Waals surface area (Å²) in [5.74, 6) is -2.05. The highest BCUT2D eigenvalue weighted by Crippen LogP contribution is 2.32. The van der Waals surface area contributed by atoms with Crippen LogP contribution in [0.2, 0.25) is 0 Å². The van der Waals surface area contributed by atoms with Crippen molar-refractivity contribution in [2.24, 2.45) is 0 Å². The maximum absolute atomic E-state index is 13.5. The molecular formula is C16H15F3N2. The number of likely N-dealkylation sites (N-methyl/N-ethyl adjacent to an activating group) is 1. The van der Waals surface area contributed by atoms with E-state index in [0.29, 0.717) is 18.8 Å². The molecule has 3 rings (SSSR count). The number of nitrogens with zero attached hydrogens (tertiary/aromatic N) is 2. The average molecular weight is 292 g/mol. The van der Waals surface area contributed by atoms with Crippen molar-refractivity contribution < 1.29 is 13.2 Å². The molecule has 0 spiro atoms. The van der Waals surface area contributed by atoms with Crippen LogP contribution in [0.25, 0.3) is 0 Å². The van der Waals surface area contributed by atoms with E-state index in [0.717, 1.165) is 23.9 Å². The Morgan fingerprint density at radius 2 is 1.71 bits per heavy atom. The van der Waals surface area contributed by atoms with Crippen LogP contribution in [0.3, 0.4) is 0 Å². The summed E-state index contributed by atoms with van der Waals surface area (Å²) in [7, 11) is 1.95. The number of benzene rings is 2. The van der Waals surface area contributed by atoms with Crippen molar-refractivity contribution in [3.05, 3.63) is 59.4 Å². The maximum Gasteiger partial charge on any atom is 0.160 e. The van der Waals surface area contributed by atoms with Gasteiger partial charge in [0.05, 0.1) is 0 Å². The Hall–Kier alpha value is -2.01. The molecule has 2 aromatic rings. The molecule has 110 valence electrons. The Morgan fingerprint density at radius 3 is 2.48 bits per heavy atom. The highest BCUT2D eigenvalue weighted by atomic mass is 19.2. The summed E-state index contributed by atoms with van der Waals surface area (Å²) in [6.45, 7) is 1.99. The van der Waals surface area contributed by atoms with Gasteiger partial charge in [0.1, 0.15) is 5.82 Å². The van der Waals surface area contributed by atoms with E-state index in [4.69, 9.17) is 0 Å². The third-order valence-electron chi connectivity index (χ3n) is 3.69. The Kier molecular flexibility index (Phi) is 3.59. The molecule has 0 amide bonds. The van der Waals surface area contributed by atoms with Crippen LogP contribution in [0.5, 0.6) is 0 Å². The highest BCUT2D eigenvalue weighted by Gasteiger charge is 2.20. The second-order valence-corrected chi connectivity index (χ2v) is 5.26. The van der Waals surface area contributed by atoms with Crippen LogP contribution < -0.4 is 4.90 Å². The quantitative estimate of drug-likeness (QED) is 0.791. The van der Waals surface area contributed by atoms with E-state index >= 15 is 0 Å². The Bertz CT molecular complexity index is 673. The fourth-order valence-corrected chi connectivity index (χ4v) is 2.63. The number of fused-ring (bicyclic) bond motifs is 1. The molecule has 0 aliphatic carbocycles. The van der Waals surface area contributed by atoms with Crippen molar-refractivity contribution in [3.8, 4) is 0 Å². The first-order chi connectivity index (χ1) is 10.0. The SMILES string of the molecule is CN1CCN(c2ccc(F)c(F)c2)c2ccc(F)cc2C1. The Balaban J connectivity index is 2.08. The second kappa shape index (κ2) is 5.41. The molecule has 21 heavy (non-hydrogen) atoms. The first kappa shape index (κ1) is 13.9. The Labute approximate surface area is 121 Å². The fraction of sp³-hybridized carbons (Fsp3) is 0.250. The number of halogens is 3. The van der Waals surface area contributed by atoms with Crippen molar-refractivity contribution in [1.82, 2.24) is 4.90 Å². The normalized spacial score (nSPS) is 15.7. The van der Waals surface area contributed by atoms with Gasteiger partial charge in [0.2, 0.25) is 0 Å². The van der Waals surface area contributed by atoms with Gasteiger partial charge in [-0.1, -0.05) is 0 Å². The smallest absolute Gasteiger partial charge is 0.160 e. The van der Waals surface area contributed by atoms with Crippen LogP contribution in [0, 0.1) is 17.5 Å². The number of hydrogen-bond acceptors (Lipinski definition) is 2. The lowest BCUT2D eigenvalue weighted by Gasteiger charge is -2.25. The molecule has 1 aliphatic heterocycles. The minimum Gasteiger partial charge on any atom is -0.340 e. The minimum absolute atomic E-state index is 0.297. The molecule has 0 atom stereocenters. The van der Waals surface area contributed by atoms with E-state index in [2.05, 4.69) is 4.90 Å². The second-order valence-electron chi connectivity index (χ2n) is 5.26. The van der Waals surface area contributed by atoms with Gasteiger partial charge >= 0.3 is 0 Å². The summed E-state index contributed by atoms with van der Waals surface area (Å²) in [5.41, 5.74) is 2.23. The zero-order valence-electron chi connectivity index (χ0n) is 11.6. The molecule has 0 bridgehead atoms. The number of hydrogen-bond donors (Lipinski definition) is 0. The maximum atomic E-state index is 13.5. The van der Waals surface area contributed by atoms with Gasteiger partial charge in [0.15, 0.2) is 11.6 Å². The van der Waals surface area contributed by atoms with E-state index in [1.807, 2.05) is 11.9 Å². The summed E-state index contributed by atoms with van der Waals surface area (Å²) in [4.78, 5) is 3.96. The van der Waals surface area contributed by atoms with Crippen molar-refractivity contribution in [2.75, 3.05) is 25.0 Å². The monoisotopic (exact) mass is 292 g/mol. The molecule has 0 aromatic heterocycles. The molecular weight excluding hydrogens is 277 g/mol. The number of anilines is 2. The summed E-state index contributed by atoms with van der Waals surface area (Å²) in [6.07, 6.45) is 0. The summed E-state index contributed by atoms with van der Waals surface area (Å²) in [5, 5.41) is 0. The first-order valence-electron chi connectivity index (χ1n) is 6.74. The predicted octanol–water partition coefficient (Wildman–Crippen LogP) is 3.69. The minimum atomic E-state index is -0.881. The van der Waals surface area contributed by atoms with Crippen LogP contribution in [-0.2, 0) is 6.54 Å². The van der Waals surface area contributed by atoms with Crippen LogP contribution in [0.15, 0.2) is 36.4 Å². The van der Waals surface area contributed by atoms with Gasteiger partial charge in [-0.2, -0.15) is 0 Å². The molecule has 1 heterocycles. The van der Waals surface area contributed by atoms with Crippen molar-refractivity contribution in [2.45, 2.75) is 6.54 Å². The van der Waals surface area contributed by atoms with E-state index in [9.17, 15) is 13.2 Å². The molecule has 0 fully saturated rings. The topological polar surface area (TPSA) is 6.48 Å². The highest BCUT2D eigenvalue weighted by molar-refractivity contribution is 5.67. The van der Waals surface area contributed by atoms with E-state index in [1.165, 1.54) is 24.3 Å². The molecule has 0 saturated carbocycles. The van der Waals surface area contributed by atoms with Gasteiger partial charge in [0.25, 0.3) is 0 Å². The summed E-state index contributed by atoms with van der Waals surface area (Å²) < 4.78 is 40.0. The van der Waals surface area contributed by atoms with Gasteiger partial charge in [-0.15, -0.1) is 0 Å². The molecule has 1 aliphatic rings. The van der Waals surface area contributed by atoms with Crippen molar-refractivity contribution in [3.63, 3.8) is 0 Å². The molecule has 0 saturated heterocycles. The van der Waals surface area contributed by atoms with Crippen LogP contribution in [-0.4, -0.2) is 25.0 Å².